The summed E-state index contributed by atoms with van der Waals surface area (Å²) in [6.45, 7) is 5.84. The van der Waals surface area contributed by atoms with Crippen LogP contribution in [0.2, 0.25) is 19.6 Å². The third-order valence-electron chi connectivity index (χ3n) is 1.59. The minimum Gasteiger partial charge on any atom is -0.305 e. The van der Waals surface area contributed by atoms with E-state index in [0.717, 1.165) is 5.56 Å². The highest BCUT2D eigenvalue weighted by molar-refractivity contribution is 6.69. The molecule has 0 amide bonds. The molecule has 86 valence electrons. The van der Waals surface area contributed by atoms with Crippen molar-refractivity contribution in [3.8, 4) is 0 Å². The van der Waals surface area contributed by atoms with Crippen LogP contribution >= 0.6 is 0 Å². The van der Waals surface area contributed by atoms with E-state index in [2.05, 4.69) is 4.89 Å². The Labute approximate surface area is 96.8 Å². The first-order valence-corrected chi connectivity index (χ1v) is 8.51. The molecule has 0 heterocycles. The maximum absolute atomic E-state index is 11.3. The fraction of sp³-hybridized carbons (Fsp3) is 0.250. The molecule has 16 heavy (non-hydrogen) atoms. The molecule has 0 N–H and O–H groups in total. The molecule has 0 bridgehead atoms. The van der Waals surface area contributed by atoms with E-state index in [-0.39, 0.29) is 0 Å². The van der Waals surface area contributed by atoms with Crippen molar-refractivity contribution in [3.63, 3.8) is 0 Å². The summed E-state index contributed by atoms with van der Waals surface area (Å²) in [5.74, 6) is -0.480. The van der Waals surface area contributed by atoms with Gasteiger partial charge in [-0.3, -0.25) is 0 Å². The molecular weight excluding hydrogens is 220 g/mol. The number of hydrogen-bond acceptors (Lipinski definition) is 3. The molecule has 0 saturated carbocycles. The summed E-state index contributed by atoms with van der Waals surface area (Å²) in [4.78, 5) is 15.9. The topological polar surface area (TPSA) is 35.5 Å². The normalized spacial score (nSPS) is 11.7. The molecule has 0 aliphatic rings. The standard InChI is InChI=1S/C12H16O3Si/c1-16(2,3)15-14-12(13)10-9-11-7-5-4-6-8-11/h4-10H,1-3H3. The van der Waals surface area contributed by atoms with Crippen LogP contribution in [0.3, 0.4) is 0 Å². The van der Waals surface area contributed by atoms with Crippen LogP contribution in [0.5, 0.6) is 0 Å². The summed E-state index contributed by atoms with van der Waals surface area (Å²) in [5.41, 5.74) is 0.951. The third kappa shape index (κ3) is 5.48. The van der Waals surface area contributed by atoms with Gasteiger partial charge >= 0.3 is 5.97 Å². The SMILES string of the molecule is C[Si](C)(C)OOC(=O)C=Cc1ccccc1. The van der Waals surface area contributed by atoms with Gasteiger partial charge in [-0.25, -0.2) is 9.37 Å². The maximum atomic E-state index is 11.3. The summed E-state index contributed by atoms with van der Waals surface area (Å²) in [7, 11) is -1.81. The van der Waals surface area contributed by atoms with E-state index in [0.29, 0.717) is 0 Å². The van der Waals surface area contributed by atoms with E-state index >= 15 is 0 Å². The van der Waals surface area contributed by atoms with Crippen molar-refractivity contribution in [1.29, 1.82) is 0 Å². The Morgan fingerprint density at radius 2 is 1.81 bits per heavy atom. The van der Waals surface area contributed by atoms with E-state index in [4.69, 9.17) is 4.58 Å². The average Bonchev–Trinajstić information content (AvgIpc) is 2.24. The van der Waals surface area contributed by atoms with E-state index in [9.17, 15) is 4.79 Å². The zero-order valence-electron chi connectivity index (χ0n) is 9.77. The lowest BCUT2D eigenvalue weighted by Gasteiger charge is -2.13. The zero-order chi connectivity index (χ0) is 12.0. The van der Waals surface area contributed by atoms with Gasteiger partial charge in [0, 0.05) is 6.08 Å². The van der Waals surface area contributed by atoms with Gasteiger partial charge in [-0.2, -0.15) is 0 Å². The van der Waals surface area contributed by atoms with Crippen molar-refractivity contribution in [1.82, 2.24) is 0 Å². The van der Waals surface area contributed by atoms with Crippen molar-refractivity contribution >= 4 is 20.4 Å². The van der Waals surface area contributed by atoms with Crippen LogP contribution in [-0.4, -0.2) is 14.3 Å². The Kier molecular flexibility index (Phi) is 4.46. The molecule has 0 aliphatic carbocycles. The number of carbonyl (C=O) groups excluding carboxylic acids is 1. The quantitative estimate of drug-likeness (QED) is 0.349. The van der Waals surface area contributed by atoms with Crippen LogP contribution in [0.15, 0.2) is 36.4 Å². The Balaban J connectivity index is 2.43. The second-order valence-electron chi connectivity index (χ2n) is 4.34. The van der Waals surface area contributed by atoms with Gasteiger partial charge in [-0.05, 0) is 31.3 Å². The third-order valence-corrected chi connectivity index (χ3v) is 2.17. The summed E-state index contributed by atoms with van der Waals surface area (Å²) >= 11 is 0. The molecule has 0 aliphatic heterocycles. The first-order valence-electron chi connectivity index (χ1n) is 5.10. The van der Waals surface area contributed by atoms with Gasteiger partial charge in [0.25, 0.3) is 0 Å². The Morgan fingerprint density at radius 3 is 2.38 bits per heavy atom. The van der Waals surface area contributed by atoms with Crippen LogP contribution in [0, 0.1) is 0 Å². The van der Waals surface area contributed by atoms with Gasteiger partial charge in [-0.15, -0.1) is 0 Å². The van der Waals surface area contributed by atoms with E-state index in [1.807, 2.05) is 50.0 Å². The van der Waals surface area contributed by atoms with Crippen molar-refractivity contribution in [3.05, 3.63) is 42.0 Å². The van der Waals surface area contributed by atoms with Crippen LogP contribution in [0.4, 0.5) is 0 Å². The summed E-state index contributed by atoms with van der Waals surface area (Å²) in [5, 5.41) is 0. The molecule has 4 heteroatoms. The number of benzene rings is 1. The highest BCUT2D eigenvalue weighted by Gasteiger charge is 2.18. The lowest BCUT2D eigenvalue weighted by atomic mass is 10.2. The monoisotopic (exact) mass is 236 g/mol. The second-order valence-corrected chi connectivity index (χ2v) is 8.73. The molecule has 1 aromatic rings. The first kappa shape index (κ1) is 12.7. The number of hydrogen-bond donors (Lipinski definition) is 0. The maximum Gasteiger partial charge on any atom is 0.364 e. The fourth-order valence-corrected chi connectivity index (χ4v) is 1.25. The molecular formula is C12H16O3Si. The molecule has 1 rings (SSSR count). The second kappa shape index (κ2) is 5.63. The lowest BCUT2D eigenvalue weighted by Crippen LogP contribution is -2.26. The predicted molar refractivity (Wildman–Crippen MR) is 66.0 cm³/mol. The van der Waals surface area contributed by atoms with Crippen molar-refractivity contribution in [2.75, 3.05) is 0 Å². The minimum absolute atomic E-state index is 0.480. The van der Waals surface area contributed by atoms with Crippen LogP contribution < -0.4 is 0 Å². The van der Waals surface area contributed by atoms with E-state index in [1.54, 1.807) is 6.08 Å². The molecule has 0 fully saturated rings. The van der Waals surface area contributed by atoms with Gasteiger partial charge in [0.1, 0.15) is 0 Å². The Bertz CT molecular complexity index is 366. The lowest BCUT2D eigenvalue weighted by molar-refractivity contribution is -0.213. The molecule has 0 radical (unpaired) electrons. The average molecular weight is 236 g/mol. The molecule has 0 atom stereocenters. The molecule has 1 aromatic carbocycles. The highest BCUT2D eigenvalue weighted by atomic mass is 28.4. The Morgan fingerprint density at radius 1 is 1.19 bits per heavy atom. The zero-order valence-corrected chi connectivity index (χ0v) is 10.8. The van der Waals surface area contributed by atoms with Crippen LogP contribution in [0.25, 0.3) is 6.08 Å². The molecule has 3 nitrogen and oxygen atoms in total. The molecule has 0 unspecified atom stereocenters. The summed E-state index contributed by atoms with van der Waals surface area (Å²) in [6.07, 6.45) is 3.05. The van der Waals surface area contributed by atoms with Crippen molar-refractivity contribution < 1.29 is 14.3 Å². The van der Waals surface area contributed by atoms with Crippen molar-refractivity contribution in [2.45, 2.75) is 19.6 Å². The summed E-state index contributed by atoms with van der Waals surface area (Å²) < 4.78 is 5.02. The summed E-state index contributed by atoms with van der Waals surface area (Å²) in [6, 6.07) is 9.55. The van der Waals surface area contributed by atoms with Crippen molar-refractivity contribution in [2.24, 2.45) is 0 Å². The molecule has 0 aromatic heterocycles. The van der Waals surface area contributed by atoms with Gasteiger partial charge < -0.3 is 4.89 Å². The Hall–Kier alpha value is -1.39. The van der Waals surface area contributed by atoms with Gasteiger partial charge in [0.2, 0.25) is 8.32 Å². The molecule has 0 spiro atoms. The number of rotatable bonds is 4. The smallest absolute Gasteiger partial charge is 0.305 e. The first-order chi connectivity index (χ1) is 7.47. The van der Waals surface area contributed by atoms with Crippen LogP contribution in [-0.2, 0) is 14.3 Å². The van der Waals surface area contributed by atoms with Gasteiger partial charge in [0.15, 0.2) is 0 Å². The highest BCUT2D eigenvalue weighted by Crippen LogP contribution is 2.05. The largest absolute Gasteiger partial charge is 0.364 e. The van der Waals surface area contributed by atoms with E-state index in [1.165, 1.54) is 6.08 Å². The van der Waals surface area contributed by atoms with Gasteiger partial charge in [-0.1, -0.05) is 30.3 Å². The van der Waals surface area contributed by atoms with Gasteiger partial charge in [0.05, 0.1) is 0 Å². The number of carbonyl (C=O) groups is 1. The minimum atomic E-state index is -1.81. The predicted octanol–water partition coefficient (Wildman–Crippen LogP) is 3.01. The van der Waals surface area contributed by atoms with Crippen LogP contribution in [0.1, 0.15) is 5.56 Å². The molecule has 0 saturated heterocycles. The fourth-order valence-electron chi connectivity index (χ4n) is 0.922. The van der Waals surface area contributed by atoms with E-state index < -0.39 is 14.3 Å².